The van der Waals surface area contributed by atoms with Crippen molar-refractivity contribution in [3.05, 3.63) is 48.0 Å². The number of carbonyl (C=O) groups excluding carboxylic acids is 1. The Bertz CT molecular complexity index is 354. The number of rotatable bonds is 3. The van der Waals surface area contributed by atoms with Gasteiger partial charge in [-0.2, -0.15) is 0 Å². The van der Waals surface area contributed by atoms with E-state index in [1.165, 1.54) is 0 Å². The molecule has 2 atom stereocenters. The highest BCUT2D eigenvalue weighted by Crippen LogP contribution is 2.22. The van der Waals surface area contributed by atoms with Gasteiger partial charge in [-0.1, -0.05) is 30.3 Å². The van der Waals surface area contributed by atoms with Gasteiger partial charge in [0.25, 0.3) is 0 Å². The molecule has 0 radical (unpaired) electrons. The van der Waals surface area contributed by atoms with E-state index in [1.54, 1.807) is 6.08 Å². The summed E-state index contributed by atoms with van der Waals surface area (Å²) in [5.74, 6) is 0.0355. The summed E-state index contributed by atoms with van der Waals surface area (Å²) in [6.45, 7) is 1.99. The van der Waals surface area contributed by atoms with E-state index in [0.29, 0.717) is 0 Å². The molecule has 1 aromatic carbocycles. The third-order valence-corrected chi connectivity index (χ3v) is 2.25. The zero-order valence-electron chi connectivity index (χ0n) is 8.01. The van der Waals surface area contributed by atoms with Gasteiger partial charge in [0.15, 0.2) is 5.78 Å². The van der Waals surface area contributed by atoms with Crippen LogP contribution in [-0.2, 0) is 4.74 Å². The maximum absolute atomic E-state index is 11.5. The van der Waals surface area contributed by atoms with Gasteiger partial charge in [0.1, 0.15) is 6.10 Å². The lowest BCUT2D eigenvalue weighted by Gasteiger charge is -1.92. The van der Waals surface area contributed by atoms with Crippen LogP contribution in [0.15, 0.2) is 42.5 Å². The van der Waals surface area contributed by atoms with Crippen LogP contribution in [0.4, 0.5) is 0 Å². The highest BCUT2D eigenvalue weighted by molar-refractivity contribution is 6.04. The topological polar surface area (TPSA) is 29.6 Å². The molecule has 0 spiro atoms. The quantitative estimate of drug-likeness (QED) is 0.413. The van der Waals surface area contributed by atoms with Crippen molar-refractivity contribution in [1.82, 2.24) is 0 Å². The summed E-state index contributed by atoms with van der Waals surface area (Å²) in [5, 5.41) is 0. The van der Waals surface area contributed by atoms with E-state index in [4.69, 9.17) is 4.74 Å². The second-order valence-corrected chi connectivity index (χ2v) is 3.40. The average Bonchev–Trinajstić information content (AvgIpc) is 2.92. The summed E-state index contributed by atoms with van der Waals surface area (Å²) in [4.78, 5) is 11.5. The smallest absolute Gasteiger partial charge is 0.185 e. The van der Waals surface area contributed by atoms with Crippen molar-refractivity contribution in [3.8, 4) is 0 Å². The summed E-state index contributed by atoms with van der Waals surface area (Å²) in [6.07, 6.45) is 3.82. The highest BCUT2D eigenvalue weighted by Gasteiger charge is 2.31. The molecule has 0 bridgehead atoms. The molecule has 0 saturated carbocycles. The van der Waals surface area contributed by atoms with Gasteiger partial charge >= 0.3 is 0 Å². The van der Waals surface area contributed by atoms with Crippen LogP contribution in [0.1, 0.15) is 17.3 Å². The van der Waals surface area contributed by atoms with Crippen LogP contribution in [0.3, 0.4) is 0 Å². The van der Waals surface area contributed by atoms with Crippen LogP contribution < -0.4 is 0 Å². The van der Waals surface area contributed by atoms with Gasteiger partial charge in [-0.15, -0.1) is 0 Å². The molecule has 1 aliphatic heterocycles. The molecule has 2 heteroatoms. The Morgan fingerprint density at radius 2 is 2.00 bits per heavy atom. The summed E-state index contributed by atoms with van der Waals surface area (Å²) in [7, 11) is 0. The predicted octanol–water partition coefficient (Wildman–Crippen LogP) is 2.21. The van der Waals surface area contributed by atoms with Gasteiger partial charge in [0, 0.05) is 5.56 Å². The second-order valence-electron chi connectivity index (χ2n) is 3.40. The Balaban J connectivity index is 1.99. The number of hydrogen-bond acceptors (Lipinski definition) is 2. The number of allylic oxidation sites excluding steroid dienone is 1. The van der Waals surface area contributed by atoms with Crippen molar-refractivity contribution in [2.75, 3.05) is 0 Å². The molecular formula is C12H12O2. The van der Waals surface area contributed by atoms with Gasteiger partial charge in [-0.25, -0.2) is 0 Å². The summed E-state index contributed by atoms with van der Waals surface area (Å²) >= 11 is 0. The van der Waals surface area contributed by atoms with Crippen LogP contribution in [-0.4, -0.2) is 18.0 Å². The van der Waals surface area contributed by atoms with Gasteiger partial charge in [-0.3, -0.25) is 4.79 Å². The lowest BCUT2D eigenvalue weighted by molar-refractivity contribution is 0.104. The molecule has 72 valence electrons. The van der Waals surface area contributed by atoms with E-state index < -0.39 is 0 Å². The first-order valence-electron chi connectivity index (χ1n) is 4.70. The lowest BCUT2D eigenvalue weighted by Crippen LogP contribution is -1.94. The minimum Gasteiger partial charge on any atom is -0.365 e. The van der Waals surface area contributed by atoms with Crippen LogP contribution >= 0.6 is 0 Å². The van der Waals surface area contributed by atoms with Crippen molar-refractivity contribution in [2.45, 2.75) is 19.1 Å². The third-order valence-electron chi connectivity index (χ3n) is 2.25. The largest absolute Gasteiger partial charge is 0.365 e. The van der Waals surface area contributed by atoms with Gasteiger partial charge in [0.2, 0.25) is 0 Å². The third kappa shape index (κ3) is 2.09. The zero-order valence-corrected chi connectivity index (χ0v) is 8.01. The molecule has 0 amide bonds. The van der Waals surface area contributed by atoms with Crippen molar-refractivity contribution >= 4 is 5.78 Å². The standard InChI is InChI=1S/C12H12O2/c1-9-12(14-9)8-7-11(13)10-5-3-2-4-6-10/h2-9,12H,1H3/b8-7+/t9-,12+/m0/s1. The highest BCUT2D eigenvalue weighted by atomic mass is 16.6. The van der Waals surface area contributed by atoms with E-state index in [0.717, 1.165) is 5.56 Å². The van der Waals surface area contributed by atoms with E-state index in [9.17, 15) is 4.79 Å². The molecule has 1 fully saturated rings. The van der Waals surface area contributed by atoms with Gasteiger partial charge < -0.3 is 4.74 Å². The predicted molar refractivity (Wildman–Crippen MR) is 54.2 cm³/mol. The zero-order chi connectivity index (χ0) is 9.97. The van der Waals surface area contributed by atoms with Crippen molar-refractivity contribution in [1.29, 1.82) is 0 Å². The Labute approximate surface area is 83.2 Å². The summed E-state index contributed by atoms with van der Waals surface area (Å²) in [5.41, 5.74) is 0.719. The fraction of sp³-hybridized carbons (Fsp3) is 0.250. The number of ketones is 1. The van der Waals surface area contributed by atoms with Crippen LogP contribution in [0.2, 0.25) is 0 Å². The summed E-state index contributed by atoms with van der Waals surface area (Å²) in [6, 6.07) is 9.23. The Morgan fingerprint density at radius 3 is 2.57 bits per heavy atom. The first-order chi connectivity index (χ1) is 6.77. The Hall–Kier alpha value is -1.41. The van der Waals surface area contributed by atoms with Crippen molar-refractivity contribution < 1.29 is 9.53 Å². The maximum Gasteiger partial charge on any atom is 0.185 e. The first-order valence-corrected chi connectivity index (χ1v) is 4.70. The lowest BCUT2D eigenvalue weighted by atomic mass is 10.1. The van der Waals surface area contributed by atoms with E-state index in [1.807, 2.05) is 43.3 Å². The van der Waals surface area contributed by atoms with E-state index in [-0.39, 0.29) is 18.0 Å². The van der Waals surface area contributed by atoms with Gasteiger partial charge in [-0.05, 0) is 19.1 Å². The number of ether oxygens (including phenoxy) is 1. The monoisotopic (exact) mass is 188 g/mol. The molecule has 14 heavy (non-hydrogen) atoms. The molecule has 2 rings (SSSR count). The molecule has 1 aromatic rings. The molecule has 0 N–H and O–H groups in total. The van der Waals surface area contributed by atoms with Crippen LogP contribution in [0.25, 0.3) is 0 Å². The molecule has 1 heterocycles. The first kappa shape index (κ1) is 9.16. The van der Waals surface area contributed by atoms with Crippen molar-refractivity contribution in [2.24, 2.45) is 0 Å². The minimum atomic E-state index is 0.0355. The molecule has 0 unspecified atom stereocenters. The van der Waals surface area contributed by atoms with E-state index in [2.05, 4.69) is 0 Å². The molecule has 1 aliphatic rings. The molecule has 2 nitrogen and oxygen atoms in total. The van der Waals surface area contributed by atoms with Gasteiger partial charge in [0.05, 0.1) is 6.10 Å². The molecule has 0 aromatic heterocycles. The molecule has 1 saturated heterocycles. The maximum atomic E-state index is 11.5. The number of carbonyl (C=O) groups is 1. The number of benzene rings is 1. The normalized spacial score (nSPS) is 25.2. The molecule has 0 aliphatic carbocycles. The molecular weight excluding hydrogens is 176 g/mol. The van der Waals surface area contributed by atoms with Crippen molar-refractivity contribution in [3.63, 3.8) is 0 Å². The fourth-order valence-corrected chi connectivity index (χ4v) is 1.29. The Kier molecular flexibility index (Phi) is 2.46. The second kappa shape index (κ2) is 3.76. The average molecular weight is 188 g/mol. The van der Waals surface area contributed by atoms with Crippen LogP contribution in [0, 0.1) is 0 Å². The number of hydrogen-bond donors (Lipinski definition) is 0. The fourth-order valence-electron chi connectivity index (χ4n) is 1.29. The van der Waals surface area contributed by atoms with E-state index >= 15 is 0 Å². The SMILES string of the molecule is C[C@@H]1O[C@@H]1/C=C/C(=O)c1ccccc1. The number of epoxide rings is 1. The van der Waals surface area contributed by atoms with Crippen LogP contribution in [0.5, 0.6) is 0 Å². The Morgan fingerprint density at radius 1 is 1.36 bits per heavy atom. The minimum absolute atomic E-state index is 0.0355. The summed E-state index contributed by atoms with van der Waals surface area (Å²) < 4.78 is 5.16.